The zero-order valence-corrected chi connectivity index (χ0v) is 32.1. The molecule has 0 unspecified atom stereocenters. The summed E-state index contributed by atoms with van der Waals surface area (Å²) in [6.07, 6.45) is 0. The maximum Gasteiger partial charge on any atom is 0.143 e. The van der Waals surface area contributed by atoms with Crippen LogP contribution in [0, 0.1) is 0 Å². The van der Waals surface area contributed by atoms with Crippen LogP contribution in [0.5, 0.6) is 0 Å². The highest BCUT2D eigenvalue weighted by molar-refractivity contribution is 6.25. The van der Waals surface area contributed by atoms with E-state index in [4.69, 9.17) is 4.42 Å². The van der Waals surface area contributed by atoms with Crippen molar-refractivity contribution >= 4 is 82.4 Å². The van der Waals surface area contributed by atoms with Gasteiger partial charge in [0.25, 0.3) is 0 Å². The average Bonchev–Trinajstić information content (AvgIpc) is 3.86. The van der Waals surface area contributed by atoms with E-state index in [0.29, 0.717) is 0 Å². The molecule has 0 atom stereocenters. The lowest BCUT2D eigenvalue weighted by molar-refractivity contribution is 0.670. The normalized spacial score (nSPS) is 11.7. The number of rotatable bonds is 6. The van der Waals surface area contributed by atoms with Gasteiger partial charge in [0, 0.05) is 61.5 Å². The SMILES string of the molecule is c1ccc(-c2ccc(N(c3ccc4ccccc4c3)c3ccc4c(c3)oc3c(-c5cccc6c7ccccc7n(-c7ccccc7)c56)cc5ccccc5c34)cc2)cc1. The third-order valence-electron chi connectivity index (χ3n) is 11.9. The number of benzene rings is 10. The maximum absolute atomic E-state index is 7.19. The van der Waals surface area contributed by atoms with E-state index in [0.717, 1.165) is 55.8 Å². The summed E-state index contributed by atoms with van der Waals surface area (Å²) in [5, 5.41) is 9.42. The molecule has 12 aromatic rings. The standard InChI is InChI=1S/C56H36N2O/c1-3-14-37(15-4-1)39-26-29-43(30-27-39)57(44-31-28-38-16-7-8-17-40(38)34-44)45-32-33-50-53(36-45)59-56-51(35-41-18-9-10-21-46(41)54(50)56)49-24-13-23-48-47-22-11-12-25-52(47)58(55(48)49)42-19-5-2-6-20-42/h1-36H. The molecule has 0 aliphatic heterocycles. The first-order valence-electron chi connectivity index (χ1n) is 20.2. The van der Waals surface area contributed by atoms with Gasteiger partial charge >= 0.3 is 0 Å². The minimum Gasteiger partial charge on any atom is -0.455 e. The van der Waals surface area contributed by atoms with Crippen molar-refractivity contribution in [2.45, 2.75) is 0 Å². The zero-order chi connectivity index (χ0) is 38.9. The van der Waals surface area contributed by atoms with Gasteiger partial charge in [-0.1, -0.05) is 152 Å². The minimum absolute atomic E-state index is 0.845. The molecule has 59 heavy (non-hydrogen) atoms. The van der Waals surface area contributed by atoms with Crippen LogP contribution in [0.15, 0.2) is 223 Å². The molecular formula is C56H36N2O. The van der Waals surface area contributed by atoms with Gasteiger partial charge in [-0.25, -0.2) is 0 Å². The molecule has 2 aromatic heterocycles. The highest BCUT2D eigenvalue weighted by atomic mass is 16.3. The van der Waals surface area contributed by atoms with Crippen molar-refractivity contribution in [3.8, 4) is 27.9 Å². The molecule has 0 spiro atoms. The van der Waals surface area contributed by atoms with Crippen LogP contribution in [0.1, 0.15) is 0 Å². The Morgan fingerprint density at radius 3 is 1.83 bits per heavy atom. The summed E-state index contributed by atoms with van der Waals surface area (Å²) < 4.78 is 9.60. The van der Waals surface area contributed by atoms with E-state index in [1.807, 2.05) is 0 Å². The van der Waals surface area contributed by atoms with Gasteiger partial charge in [-0.05, 0) is 93.3 Å². The summed E-state index contributed by atoms with van der Waals surface area (Å²) in [7, 11) is 0. The van der Waals surface area contributed by atoms with Crippen LogP contribution in [-0.4, -0.2) is 4.57 Å². The topological polar surface area (TPSA) is 21.3 Å². The van der Waals surface area contributed by atoms with Crippen molar-refractivity contribution in [2.24, 2.45) is 0 Å². The predicted octanol–water partition coefficient (Wildman–Crippen LogP) is 15.8. The number of aromatic nitrogens is 1. The van der Waals surface area contributed by atoms with Crippen molar-refractivity contribution < 1.29 is 4.42 Å². The maximum atomic E-state index is 7.19. The lowest BCUT2D eigenvalue weighted by Gasteiger charge is -2.26. The lowest BCUT2D eigenvalue weighted by atomic mass is 9.95. The number of nitrogens with zero attached hydrogens (tertiary/aromatic N) is 2. The summed E-state index contributed by atoms with van der Waals surface area (Å²) in [4.78, 5) is 2.34. The summed E-state index contributed by atoms with van der Waals surface area (Å²) >= 11 is 0. The Morgan fingerprint density at radius 2 is 1.00 bits per heavy atom. The molecular weight excluding hydrogens is 717 g/mol. The van der Waals surface area contributed by atoms with E-state index in [1.165, 1.54) is 54.5 Å². The molecule has 0 saturated heterocycles. The smallest absolute Gasteiger partial charge is 0.143 e. The van der Waals surface area contributed by atoms with Crippen LogP contribution in [0.4, 0.5) is 17.1 Å². The molecule has 3 heteroatoms. The number of furan rings is 1. The quantitative estimate of drug-likeness (QED) is 0.169. The van der Waals surface area contributed by atoms with Crippen LogP contribution in [0.25, 0.3) is 93.2 Å². The van der Waals surface area contributed by atoms with E-state index in [2.05, 4.69) is 228 Å². The summed E-state index contributed by atoms with van der Waals surface area (Å²) in [5.74, 6) is 0. The van der Waals surface area contributed by atoms with Gasteiger partial charge in [0.05, 0.1) is 11.0 Å². The first-order chi connectivity index (χ1) is 29.3. The number of fused-ring (bicyclic) bond motifs is 9. The van der Waals surface area contributed by atoms with Gasteiger partial charge < -0.3 is 13.9 Å². The number of para-hydroxylation sites is 3. The molecule has 0 aliphatic carbocycles. The van der Waals surface area contributed by atoms with Gasteiger partial charge in [0.15, 0.2) is 0 Å². The van der Waals surface area contributed by atoms with Gasteiger partial charge in [-0.2, -0.15) is 0 Å². The predicted molar refractivity (Wildman–Crippen MR) is 249 cm³/mol. The second kappa shape index (κ2) is 13.4. The summed E-state index contributed by atoms with van der Waals surface area (Å²) in [6.45, 7) is 0. The number of hydrogen-bond donors (Lipinski definition) is 0. The van der Waals surface area contributed by atoms with Crippen LogP contribution < -0.4 is 4.90 Å². The highest BCUT2D eigenvalue weighted by Crippen LogP contribution is 2.46. The highest BCUT2D eigenvalue weighted by Gasteiger charge is 2.23. The van der Waals surface area contributed by atoms with Crippen LogP contribution in [-0.2, 0) is 0 Å². The third-order valence-corrected chi connectivity index (χ3v) is 11.9. The Balaban J connectivity index is 1.10. The summed E-state index contributed by atoms with van der Waals surface area (Å²) in [5.41, 5.74) is 13.0. The van der Waals surface area contributed by atoms with Gasteiger partial charge in [0.2, 0.25) is 0 Å². The van der Waals surface area contributed by atoms with Gasteiger partial charge in [-0.15, -0.1) is 0 Å². The average molecular weight is 753 g/mol. The molecule has 12 rings (SSSR count). The molecule has 10 aromatic carbocycles. The molecule has 3 nitrogen and oxygen atoms in total. The zero-order valence-electron chi connectivity index (χ0n) is 32.1. The Labute approximate surface area is 341 Å². The Bertz CT molecular complexity index is 3540. The van der Waals surface area contributed by atoms with Crippen molar-refractivity contribution in [3.05, 3.63) is 218 Å². The fourth-order valence-electron chi connectivity index (χ4n) is 9.23. The summed E-state index contributed by atoms with van der Waals surface area (Å²) in [6, 6.07) is 78.5. The van der Waals surface area contributed by atoms with Crippen molar-refractivity contribution in [3.63, 3.8) is 0 Å². The van der Waals surface area contributed by atoms with E-state index in [1.54, 1.807) is 0 Å². The number of hydrogen-bond acceptors (Lipinski definition) is 2. The molecule has 0 N–H and O–H groups in total. The minimum atomic E-state index is 0.845. The Morgan fingerprint density at radius 1 is 0.373 bits per heavy atom. The van der Waals surface area contributed by atoms with Gasteiger partial charge in [0.1, 0.15) is 11.2 Å². The second-order valence-electron chi connectivity index (χ2n) is 15.3. The van der Waals surface area contributed by atoms with E-state index in [-0.39, 0.29) is 0 Å². The van der Waals surface area contributed by atoms with Crippen molar-refractivity contribution in [1.29, 1.82) is 0 Å². The number of anilines is 3. The molecule has 0 radical (unpaired) electrons. The van der Waals surface area contributed by atoms with Crippen molar-refractivity contribution in [1.82, 2.24) is 4.57 Å². The molecule has 0 bridgehead atoms. The first kappa shape index (κ1) is 33.3. The van der Waals surface area contributed by atoms with Gasteiger partial charge in [-0.3, -0.25) is 0 Å². The molecule has 2 heterocycles. The molecule has 0 saturated carbocycles. The van der Waals surface area contributed by atoms with E-state index < -0.39 is 0 Å². The second-order valence-corrected chi connectivity index (χ2v) is 15.3. The lowest BCUT2D eigenvalue weighted by Crippen LogP contribution is -2.09. The molecule has 0 aliphatic rings. The Hall–Kier alpha value is -7.88. The van der Waals surface area contributed by atoms with Crippen LogP contribution >= 0.6 is 0 Å². The fraction of sp³-hybridized carbons (Fsp3) is 0. The third kappa shape index (κ3) is 5.36. The fourth-order valence-corrected chi connectivity index (χ4v) is 9.23. The van der Waals surface area contributed by atoms with Crippen molar-refractivity contribution in [2.75, 3.05) is 4.90 Å². The van der Waals surface area contributed by atoms with Crippen LogP contribution in [0.2, 0.25) is 0 Å². The largest absolute Gasteiger partial charge is 0.455 e. The first-order valence-corrected chi connectivity index (χ1v) is 20.2. The van der Waals surface area contributed by atoms with E-state index in [9.17, 15) is 0 Å². The Kier molecular flexibility index (Phi) is 7.54. The monoisotopic (exact) mass is 752 g/mol. The molecule has 276 valence electrons. The van der Waals surface area contributed by atoms with E-state index >= 15 is 0 Å². The van der Waals surface area contributed by atoms with Crippen LogP contribution in [0.3, 0.4) is 0 Å². The molecule has 0 fully saturated rings. The molecule has 0 amide bonds.